The fraction of sp³-hybridized carbons (Fsp3) is 0.417. The molecule has 0 aliphatic carbocycles. The zero-order valence-corrected chi connectivity index (χ0v) is 28.3. The molecule has 2 N–H and O–H groups in total. The number of hydrogen-bond donors (Lipinski definition) is 2. The van der Waals surface area contributed by atoms with E-state index in [1.807, 2.05) is 92.8 Å². The largest absolute Gasteiger partial charge is 0.497 e. The van der Waals surface area contributed by atoms with Gasteiger partial charge in [0, 0.05) is 34.9 Å². The summed E-state index contributed by atoms with van der Waals surface area (Å²) >= 11 is 0. The number of amides is 3. The molecule has 0 radical (unpaired) electrons. The predicted molar refractivity (Wildman–Crippen MR) is 181 cm³/mol. The van der Waals surface area contributed by atoms with Crippen LogP contribution in [-0.4, -0.2) is 73.8 Å². The maximum atomic E-state index is 14.8. The van der Waals surface area contributed by atoms with Crippen LogP contribution in [-0.2, 0) is 31.3 Å². The molecule has 3 amide bonds. The number of carbonyl (C=O) groups is 3. The van der Waals surface area contributed by atoms with Crippen LogP contribution in [0.1, 0.15) is 37.3 Å². The predicted octanol–water partition coefficient (Wildman–Crippen LogP) is 4.71. The van der Waals surface area contributed by atoms with Gasteiger partial charge in [-0.25, -0.2) is 0 Å². The summed E-state index contributed by atoms with van der Waals surface area (Å²) < 4.78 is 12.4. The number of anilines is 3. The molecule has 0 bridgehead atoms. The molecule has 10 nitrogen and oxygen atoms in total. The minimum atomic E-state index is -2.97. The summed E-state index contributed by atoms with van der Waals surface area (Å²) in [4.78, 5) is 56.9. The first-order chi connectivity index (χ1) is 22.5. The molecule has 1 spiro atoms. The van der Waals surface area contributed by atoms with Crippen molar-refractivity contribution in [3.05, 3.63) is 83.9 Å². The van der Waals surface area contributed by atoms with Crippen molar-refractivity contribution in [3.63, 3.8) is 0 Å². The third-order valence-electron chi connectivity index (χ3n) is 10.2. The molecule has 3 aromatic rings. The van der Waals surface area contributed by atoms with Gasteiger partial charge in [0.2, 0.25) is 12.3 Å². The van der Waals surface area contributed by atoms with Gasteiger partial charge in [0.1, 0.15) is 5.75 Å². The first kappa shape index (κ1) is 32.9. The third kappa shape index (κ3) is 5.75. The number of rotatable bonds is 10. The first-order valence-corrected chi connectivity index (χ1v) is 19.3. The Morgan fingerprint density at radius 2 is 1.81 bits per heavy atom. The Balaban J connectivity index is 1.33. The number of aliphatic hydroxyl groups is 1. The Morgan fingerprint density at radius 1 is 1.11 bits per heavy atom. The highest BCUT2D eigenvalue weighted by Crippen LogP contribution is 2.60. The monoisotopic (exact) mass is 657 g/mol. The second-order valence-corrected chi connectivity index (χ2v) is 17.4. The number of carbonyl (C=O) groups excluding carboxylic acids is 3. The second-order valence-electron chi connectivity index (χ2n) is 13.4. The molecule has 11 heteroatoms. The lowest BCUT2D eigenvalue weighted by molar-refractivity contribution is -0.150. The molecule has 3 heterocycles. The highest BCUT2D eigenvalue weighted by atomic mass is 28.4. The highest BCUT2D eigenvalue weighted by Gasteiger charge is 2.66. The maximum absolute atomic E-state index is 14.8. The fourth-order valence-electron chi connectivity index (χ4n) is 7.99. The zero-order chi connectivity index (χ0) is 33.5. The summed E-state index contributed by atoms with van der Waals surface area (Å²) in [5.41, 5.74) is 1.82. The van der Waals surface area contributed by atoms with Gasteiger partial charge in [-0.3, -0.25) is 19.3 Å². The van der Waals surface area contributed by atoms with E-state index in [0.717, 1.165) is 30.5 Å². The van der Waals surface area contributed by atoms with Crippen LogP contribution in [0.2, 0.25) is 18.6 Å². The van der Waals surface area contributed by atoms with E-state index in [-0.39, 0.29) is 37.4 Å². The molecule has 6 rings (SSSR count). The van der Waals surface area contributed by atoms with Crippen LogP contribution in [0.5, 0.6) is 5.75 Å². The molecule has 47 heavy (non-hydrogen) atoms. The summed E-state index contributed by atoms with van der Waals surface area (Å²) in [6, 6.07) is 22.2. The van der Waals surface area contributed by atoms with E-state index in [0.29, 0.717) is 29.2 Å². The number of likely N-dealkylation sites (tertiary alicyclic amines) is 1. The molecular formula is C36H43N3O7Si. The van der Waals surface area contributed by atoms with Gasteiger partial charge < -0.3 is 29.2 Å². The summed E-state index contributed by atoms with van der Waals surface area (Å²) in [6.07, 6.45) is 1.69. The number of para-hydroxylation sites is 1. The lowest BCUT2D eigenvalue weighted by Crippen LogP contribution is -2.46. The van der Waals surface area contributed by atoms with Crippen molar-refractivity contribution >= 4 is 43.6 Å². The molecule has 2 fully saturated rings. The van der Waals surface area contributed by atoms with Crippen molar-refractivity contribution in [2.75, 3.05) is 30.1 Å². The topological polar surface area (TPSA) is 120 Å². The summed E-state index contributed by atoms with van der Waals surface area (Å²) in [6.45, 7) is 6.35. The van der Waals surface area contributed by atoms with E-state index in [1.165, 1.54) is 0 Å². The zero-order valence-electron chi connectivity index (χ0n) is 27.3. The average Bonchev–Trinajstić information content (AvgIpc) is 3.73. The summed E-state index contributed by atoms with van der Waals surface area (Å²) in [5, 5.41) is 9.85. The number of methoxy groups -OCH3 is 1. The lowest BCUT2D eigenvalue weighted by atomic mass is 9.82. The summed E-state index contributed by atoms with van der Waals surface area (Å²) in [7, 11) is -1.40. The van der Waals surface area contributed by atoms with Gasteiger partial charge in [0.15, 0.2) is 13.9 Å². The fourth-order valence-corrected chi connectivity index (χ4v) is 10.5. The Morgan fingerprint density at radius 3 is 2.45 bits per heavy atom. The van der Waals surface area contributed by atoms with Gasteiger partial charge in [0.05, 0.1) is 44.5 Å². The molecule has 3 aromatic carbocycles. The lowest BCUT2D eigenvalue weighted by Gasteiger charge is -2.33. The van der Waals surface area contributed by atoms with Crippen LogP contribution >= 0.6 is 0 Å². The number of ether oxygens (including phenoxy) is 2. The molecule has 2 saturated heterocycles. The summed E-state index contributed by atoms with van der Waals surface area (Å²) in [5.74, 6) is -0.236. The number of nitrogens with zero attached hydrogens (tertiary/aromatic N) is 3. The van der Waals surface area contributed by atoms with Crippen molar-refractivity contribution < 1.29 is 33.8 Å². The van der Waals surface area contributed by atoms with Crippen LogP contribution in [0.25, 0.3) is 0 Å². The molecule has 3 aliphatic rings. The van der Waals surface area contributed by atoms with Crippen molar-refractivity contribution in [3.8, 4) is 5.75 Å². The Bertz CT molecular complexity index is 1630. The van der Waals surface area contributed by atoms with Gasteiger partial charge in [-0.2, -0.15) is 0 Å². The van der Waals surface area contributed by atoms with E-state index < -0.39 is 31.5 Å². The van der Waals surface area contributed by atoms with Gasteiger partial charge in [-0.05, 0) is 74.0 Å². The minimum Gasteiger partial charge on any atom is -0.497 e. The minimum absolute atomic E-state index is 0.0208. The van der Waals surface area contributed by atoms with Crippen LogP contribution < -0.4 is 14.5 Å². The van der Waals surface area contributed by atoms with Crippen LogP contribution in [0, 0.1) is 5.92 Å². The molecule has 248 valence electrons. The molecule has 0 aromatic heterocycles. The second kappa shape index (κ2) is 12.9. The Kier molecular flexibility index (Phi) is 9.01. The molecule has 0 unspecified atom stereocenters. The number of benzene rings is 3. The Labute approximate surface area is 276 Å². The Hall–Kier alpha value is -4.03. The van der Waals surface area contributed by atoms with Crippen LogP contribution in [0.3, 0.4) is 0 Å². The average molecular weight is 658 g/mol. The normalized spacial score (nSPS) is 25.4. The van der Waals surface area contributed by atoms with Gasteiger partial charge in [-0.1, -0.05) is 37.3 Å². The SMILES string of the molecule is COc1ccc2c(c1)[C@]1(O[C@@H](CC(=O)N3CCC[C@H]3CO)[C@H]([Si](C)(C)O)[C@H]1C)C(=O)N2Cc1ccc(N(C=O)c2ccccc2)cc1. The number of fused-ring (bicyclic) bond motifs is 2. The standard InChI is InChI=1S/C36H43N3O7Si/c1-24-34(47(3,4)44)32(20-33(42)37-18-8-11-28(37)22-40)46-36(24)30-19-29(45-2)16-17-31(30)38(35(36)43)21-25-12-14-27(15-13-25)39(23-41)26-9-6-5-7-10-26/h5-7,9-10,12-17,19,23-24,28,32,34,40,44H,8,11,18,20-22H2,1-4H3/t24-,28+,32+,34-,36+/m1/s1. The third-order valence-corrected chi connectivity index (χ3v) is 12.7. The van der Waals surface area contributed by atoms with E-state index in [4.69, 9.17) is 9.47 Å². The van der Waals surface area contributed by atoms with E-state index >= 15 is 0 Å². The van der Waals surface area contributed by atoms with E-state index in [2.05, 4.69) is 0 Å². The van der Waals surface area contributed by atoms with Gasteiger partial charge in [0.25, 0.3) is 5.91 Å². The van der Waals surface area contributed by atoms with Crippen LogP contribution in [0.15, 0.2) is 72.8 Å². The molecular weight excluding hydrogens is 614 g/mol. The van der Waals surface area contributed by atoms with Crippen molar-refractivity contribution in [1.82, 2.24) is 4.90 Å². The maximum Gasteiger partial charge on any atom is 0.264 e. The molecule has 3 aliphatic heterocycles. The highest BCUT2D eigenvalue weighted by molar-refractivity contribution is 6.71. The van der Waals surface area contributed by atoms with Crippen molar-refractivity contribution in [1.29, 1.82) is 0 Å². The quantitative estimate of drug-likeness (QED) is 0.240. The van der Waals surface area contributed by atoms with Gasteiger partial charge >= 0.3 is 0 Å². The van der Waals surface area contributed by atoms with E-state index in [1.54, 1.807) is 21.8 Å². The van der Waals surface area contributed by atoms with Crippen molar-refractivity contribution in [2.45, 2.75) is 69.1 Å². The molecule has 5 atom stereocenters. The van der Waals surface area contributed by atoms with E-state index in [9.17, 15) is 24.3 Å². The molecule has 0 saturated carbocycles. The number of aliphatic hydroxyl groups excluding tert-OH is 1. The smallest absolute Gasteiger partial charge is 0.264 e. The number of hydrogen-bond acceptors (Lipinski definition) is 7. The first-order valence-electron chi connectivity index (χ1n) is 16.2. The van der Waals surface area contributed by atoms with Crippen LogP contribution in [0.4, 0.5) is 17.1 Å². The van der Waals surface area contributed by atoms with Crippen molar-refractivity contribution in [2.24, 2.45) is 5.92 Å². The van der Waals surface area contributed by atoms with Gasteiger partial charge in [-0.15, -0.1) is 0 Å².